The highest BCUT2D eigenvalue weighted by atomic mass is 16.5. The van der Waals surface area contributed by atoms with Gasteiger partial charge in [-0.05, 0) is 0 Å². The van der Waals surface area contributed by atoms with Crippen LogP contribution in [-0.2, 0) is 6.54 Å². The normalized spacial score (nSPS) is 8.80. The topological polar surface area (TPSA) is 27.1 Å². The number of hydrogen-bond acceptors (Lipinski definition) is 2. The van der Waals surface area contributed by atoms with Crippen molar-refractivity contribution in [3.8, 4) is 18.2 Å². The molecular formula is C7H7N2O. The second kappa shape index (κ2) is 2.92. The van der Waals surface area contributed by atoms with Crippen molar-refractivity contribution in [3.05, 3.63) is 12.3 Å². The van der Waals surface area contributed by atoms with Gasteiger partial charge in [0.1, 0.15) is 12.7 Å². The van der Waals surface area contributed by atoms with Crippen molar-refractivity contribution in [1.82, 2.24) is 9.78 Å². The fourth-order valence-electron chi connectivity index (χ4n) is 0.642. The smallest absolute Gasteiger partial charge is 0.213 e. The maximum absolute atomic E-state index is 5.06. The highest BCUT2D eigenvalue weighted by Gasteiger charge is 1.97. The number of ether oxygens (including phenoxy) is 1. The van der Waals surface area contributed by atoms with Crippen molar-refractivity contribution in [3.63, 3.8) is 0 Å². The van der Waals surface area contributed by atoms with E-state index in [9.17, 15) is 0 Å². The number of hydrogen-bond donors (Lipinski definition) is 0. The van der Waals surface area contributed by atoms with E-state index in [-0.39, 0.29) is 0 Å². The summed E-state index contributed by atoms with van der Waals surface area (Å²) in [5.41, 5.74) is 0. The molecule has 1 heterocycles. The van der Waals surface area contributed by atoms with E-state index in [1.165, 1.54) is 0 Å². The van der Waals surface area contributed by atoms with Gasteiger partial charge in [-0.15, -0.1) is 6.42 Å². The molecule has 3 heteroatoms. The van der Waals surface area contributed by atoms with Crippen LogP contribution in [0.1, 0.15) is 0 Å². The molecule has 0 spiro atoms. The Labute approximate surface area is 59.6 Å². The third-order valence-corrected chi connectivity index (χ3v) is 1.07. The van der Waals surface area contributed by atoms with E-state index in [1.54, 1.807) is 17.9 Å². The molecule has 1 aromatic heterocycles. The van der Waals surface area contributed by atoms with Gasteiger partial charge in [-0.25, -0.2) is 4.68 Å². The number of methoxy groups -OCH3 is 1. The van der Waals surface area contributed by atoms with Crippen LogP contribution in [0.3, 0.4) is 0 Å². The molecule has 0 saturated heterocycles. The molecule has 3 nitrogen and oxygen atoms in total. The molecule has 0 aliphatic heterocycles. The maximum Gasteiger partial charge on any atom is 0.213 e. The minimum absolute atomic E-state index is 0.423. The SMILES string of the molecule is C#CCn1n[c]cc1OC. The number of rotatable bonds is 2. The Balaban J connectivity index is 2.82. The fraction of sp³-hybridized carbons (Fsp3) is 0.286. The first-order valence-corrected chi connectivity index (χ1v) is 2.80. The van der Waals surface area contributed by atoms with Crippen LogP contribution in [0.15, 0.2) is 6.07 Å². The summed E-state index contributed by atoms with van der Waals surface area (Å²) in [6.45, 7) is 0.423. The Hall–Kier alpha value is -1.43. The van der Waals surface area contributed by atoms with Gasteiger partial charge >= 0.3 is 0 Å². The maximum atomic E-state index is 5.06. The molecule has 0 aliphatic carbocycles. The first-order chi connectivity index (χ1) is 4.88. The molecule has 0 amide bonds. The van der Waals surface area contributed by atoms with E-state index < -0.39 is 0 Å². The van der Waals surface area contributed by atoms with E-state index in [0.29, 0.717) is 12.4 Å². The summed E-state index contributed by atoms with van der Waals surface area (Å²) in [6.07, 6.45) is 7.69. The largest absolute Gasteiger partial charge is 0.481 e. The van der Waals surface area contributed by atoms with Crippen LogP contribution in [0.5, 0.6) is 5.88 Å². The summed E-state index contributed by atoms with van der Waals surface area (Å²) in [4.78, 5) is 0. The first-order valence-electron chi connectivity index (χ1n) is 2.80. The molecule has 1 rings (SSSR count). The van der Waals surface area contributed by atoms with E-state index in [4.69, 9.17) is 11.2 Å². The zero-order valence-corrected chi connectivity index (χ0v) is 5.66. The lowest BCUT2D eigenvalue weighted by molar-refractivity contribution is 0.369. The van der Waals surface area contributed by atoms with Gasteiger partial charge in [0.05, 0.1) is 7.11 Å². The van der Waals surface area contributed by atoms with Crippen LogP contribution in [0.4, 0.5) is 0 Å². The molecule has 0 aromatic carbocycles. The van der Waals surface area contributed by atoms with Gasteiger partial charge in [0, 0.05) is 6.07 Å². The highest BCUT2D eigenvalue weighted by molar-refractivity contribution is 5.07. The van der Waals surface area contributed by atoms with Crippen LogP contribution < -0.4 is 4.74 Å². The minimum atomic E-state index is 0.423. The molecule has 10 heavy (non-hydrogen) atoms. The Kier molecular flexibility index (Phi) is 1.96. The summed E-state index contributed by atoms with van der Waals surface area (Å²) in [6, 6.07) is 1.64. The Morgan fingerprint density at radius 1 is 2.00 bits per heavy atom. The van der Waals surface area contributed by atoms with Crippen LogP contribution >= 0.6 is 0 Å². The molecule has 0 bridgehead atoms. The molecule has 0 aliphatic rings. The van der Waals surface area contributed by atoms with Crippen LogP contribution in [0.25, 0.3) is 0 Å². The van der Waals surface area contributed by atoms with Gasteiger partial charge in [-0.3, -0.25) is 0 Å². The lowest BCUT2D eigenvalue weighted by Gasteiger charge is -1.99. The minimum Gasteiger partial charge on any atom is -0.481 e. The standard InChI is InChI=1S/C7H7N2O/c1-3-6-9-7(10-2)4-5-8-9/h1,4H,6H2,2H3. The van der Waals surface area contributed by atoms with Crippen LogP contribution in [0.2, 0.25) is 0 Å². The van der Waals surface area contributed by atoms with Gasteiger partial charge in [-0.2, -0.15) is 5.10 Å². The summed E-state index contributed by atoms with van der Waals surface area (Å²) >= 11 is 0. The zero-order chi connectivity index (χ0) is 7.40. The molecule has 1 aromatic rings. The molecule has 0 unspecified atom stereocenters. The summed E-state index contributed by atoms with van der Waals surface area (Å²) in [7, 11) is 1.57. The average molecular weight is 135 g/mol. The molecule has 0 atom stereocenters. The van der Waals surface area contributed by atoms with Gasteiger partial charge in [0.2, 0.25) is 5.88 Å². The molecule has 1 radical (unpaired) electrons. The lowest BCUT2D eigenvalue weighted by atomic mass is 10.6. The first kappa shape index (κ1) is 6.69. The van der Waals surface area contributed by atoms with Gasteiger partial charge < -0.3 is 4.74 Å². The van der Waals surface area contributed by atoms with E-state index >= 15 is 0 Å². The highest BCUT2D eigenvalue weighted by Crippen LogP contribution is 2.05. The van der Waals surface area contributed by atoms with E-state index in [2.05, 4.69) is 17.2 Å². The molecule has 0 N–H and O–H groups in total. The average Bonchev–Trinajstić information content (AvgIpc) is 2.36. The number of terminal acetylenes is 1. The predicted molar refractivity (Wildman–Crippen MR) is 36.4 cm³/mol. The Bertz CT molecular complexity index is 246. The molecule has 0 fully saturated rings. The van der Waals surface area contributed by atoms with Crippen LogP contribution in [-0.4, -0.2) is 16.9 Å². The summed E-state index contributed by atoms with van der Waals surface area (Å²) < 4.78 is 6.47. The van der Waals surface area contributed by atoms with Gasteiger partial charge in [0.15, 0.2) is 0 Å². The molecule has 0 saturated carbocycles. The Morgan fingerprint density at radius 2 is 2.80 bits per heavy atom. The quantitative estimate of drug-likeness (QED) is 0.546. The van der Waals surface area contributed by atoms with E-state index in [1.807, 2.05) is 0 Å². The fourth-order valence-corrected chi connectivity index (χ4v) is 0.642. The summed E-state index contributed by atoms with van der Waals surface area (Å²) in [5, 5.41) is 3.80. The molecule has 51 valence electrons. The second-order valence-corrected chi connectivity index (χ2v) is 1.68. The number of nitrogens with zero attached hydrogens (tertiary/aromatic N) is 2. The van der Waals surface area contributed by atoms with Crippen LogP contribution in [0, 0.1) is 18.5 Å². The van der Waals surface area contributed by atoms with Crippen molar-refractivity contribution in [2.75, 3.05) is 7.11 Å². The van der Waals surface area contributed by atoms with Gasteiger partial charge in [-0.1, -0.05) is 5.92 Å². The van der Waals surface area contributed by atoms with Crippen molar-refractivity contribution >= 4 is 0 Å². The molecular weight excluding hydrogens is 128 g/mol. The van der Waals surface area contributed by atoms with Crippen molar-refractivity contribution in [1.29, 1.82) is 0 Å². The van der Waals surface area contributed by atoms with Gasteiger partial charge in [0.25, 0.3) is 0 Å². The van der Waals surface area contributed by atoms with Crippen molar-refractivity contribution in [2.45, 2.75) is 6.54 Å². The van der Waals surface area contributed by atoms with Crippen molar-refractivity contribution < 1.29 is 4.74 Å². The second-order valence-electron chi connectivity index (χ2n) is 1.68. The monoisotopic (exact) mass is 135 g/mol. The lowest BCUT2D eigenvalue weighted by Crippen LogP contribution is -2.00. The summed E-state index contributed by atoms with van der Waals surface area (Å²) in [5.74, 6) is 3.08. The van der Waals surface area contributed by atoms with Crippen molar-refractivity contribution in [2.24, 2.45) is 0 Å². The van der Waals surface area contributed by atoms with E-state index in [0.717, 1.165) is 0 Å². The third kappa shape index (κ3) is 1.11. The predicted octanol–water partition coefficient (Wildman–Crippen LogP) is 0.325. The Morgan fingerprint density at radius 3 is 3.40 bits per heavy atom. The zero-order valence-electron chi connectivity index (χ0n) is 5.66. The third-order valence-electron chi connectivity index (χ3n) is 1.07. The number of aromatic nitrogens is 2.